The molecule has 0 unspecified atom stereocenters. The van der Waals surface area contributed by atoms with Gasteiger partial charge < -0.3 is 5.11 Å². The summed E-state index contributed by atoms with van der Waals surface area (Å²) in [5.74, 6) is -1.12. The highest BCUT2D eigenvalue weighted by atomic mass is 127. The first-order valence-electron chi connectivity index (χ1n) is 6.40. The van der Waals surface area contributed by atoms with Gasteiger partial charge in [0.1, 0.15) is 6.54 Å². The van der Waals surface area contributed by atoms with E-state index < -0.39 is 22.5 Å². The van der Waals surface area contributed by atoms with E-state index in [0.717, 1.165) is 33.6 Å². The summed E-state index contributed by atoms with van der Waals surface area (Å²) < 4.78 is 27.3. The Morgan fingerprint density at radius 2 is 1.80 bits per heavy atom. The van der Waals surface area contributed by atoms with Crippen LogP contribution in [0.3, 0.4) is 0 Å². The number of hydrogen-bond donors (Lipinski definition) is 1. The first kappa shape index (κ1) is 15.7. The third-order valence-electron chi connectivity index (χ3n) is 3.44. The maximum absolute atomic E-state index is 12.6. The van der Waals surface area contributed by atoms with Gasteiger partial charge in [-0.3, -0.25) is 4.79 Å². The van der Waals surface area contributed by atoms with Gasteiger partial charge in [0.15, 0.2) is 0 Å². The van der Waals surface area contributed by atoms with E-state index in [0.29, 0.717) is 0 Å². The largest absolute Gasteiger partial charge is 0.480 e. The molecule has 7 heteroatoms. The molecule has 1 aromatic carbocycles. The van der Waals surface area contributed by atoms with Crippen LogP contribution in [0.4, 0.5) is 0 Å². The van der Waals surface area contributed by atoms with Crippen LogP contribution in [0.1, 0.15) is 25.7 Å². The van der Waals surface area contributed by atoms with Gasteiger partial charge in [-0.15, -0.1) is 0 Å². The van der Waals surface area contributed by atoms with E-state index in [1.54, 1.807) is 12.1 Å². The highest BCUT2D eigenvalue weighted by Crippen LogP contribution is 2.28. The molecule has 20 heavy (non-hydrogen) atoms. The third-order valence-corrected chi connectivity index (χ3v) is 6.08. The molecule has 1 saturated carbocycles. The molecule has 5 nitrogen and oxygen atoms in total. The molecule has 110 valence electrons. The molecule has 0 aliphatic heterocycles. The second-order valence-corrected chi connectivity index (χ2v) is 7.97. The number of carboxylic acids is 1. The van der Waals surface area contributed by atoms with Gasteiger partial charge >= 0.3 is 5.97 Å². The van der Waals surface area contributed by atoms with Crippen molar-refractivity contribution in [2.24, 2.45) is 0 Å². The predicted molar refractivity (Wildman–Crippen MR) is 82.9 cm³/mol. The Morgan fingerprint density at radius 3 is 2.30 bits per heavy atom. The molecule has 0 saturated heterocycles. The van der Waals surface area contributed by atoms with Gasteiger partial charge in [-0.2, -0.15) is 4.31 Å². The first-order chi connectivity index (χ1) is 9.41. The Balaban J connectivity index is 2.34. The number of benzene rings is 1. The molecular formula is C13H16INO4S. The molecule has 1 aromatic rings. The third kappa shape index (κ3) is 3.50. The molecular weight excluding hydrogens is 393 g/mol. The van der Waals surface area contributed by atoms with Crippen molar-refractivity contribution in [2.45, 2.75) is 36.6 Å². The minimum absolute atomic E-state index is 0.158. The van der Waals surface area contributed by atoms with E-state index >= 15 is 0 Å². The Bertz CT molecular complexity index is 579. The van der Waals surface area contributed by atoms with Crippen molar-refractivity contribution < 1.29 is 18.3 Å². The summed E-state index contributed by atoms with van der Waals surface area (Å²) in [5.41, 5.74) is 0. The quantitative estimate of drug-likeness (QED) is 0.758. The summed E-state index contributed by atoms with van der Waals surface area (Å²) in [7, 11) is -3.75. The molecule has 0 spiro atoms. The molecule has 0 aromatic heterocycles. The minimum Gasteiger partial charge on any atom is -0.480 e. The van der Waals surface area contributed by atoms with Crippen LogP contribution in [0.2, 0.25) is 0 Å². The van der Waals surface area contributed by atoms with E-state index in [9.17, 15) is 13.2 Å². The van der Waals surface area contributed by atoms with Crippen molar-refractivity contribution >= 4 is 38.6 Å². The van der Waals surface area contributed by atoms with Crippen LogP contribution < -0.4 is 0 Å². The van der Waals surface area contributed by atoms with E-state index in [-0.39, 0.29) is 10.9 Å². The van der Waals surface area contributed by atoms with Crippen molar-refractivity contribution in [2.75, 3.05) is 6.54 Å². The summed E-state index contributed by atoms with van der Waals surface area (Å²) in [5, 5.41) is 8.99. The van der Waals surface area contributed by atoms with E-state index in [4.69, 9.17) is 5.11 Å². The van der Waals surface area contributed by atoms with Gasteiger partial charge in [0.05, 0.1) is 4.90 Å². The second-order valence-electron chi connectivity index (χ2n) is 4.84. The number of hydrogen-bond acceptors (Lipinski definition) is 3. The van der Waals surface area contributed by atoms with Crippen LogP contribution in [0.15, 0.2) is 29.2 Å². The number of sulfonamides is 1. The maximum atomic E-state index is 12.6. The Labute approximate surface area is 132 Å². The van der Waals surface area contributed by atoms with E-state index in [2.05, 4.69) is 22.6 Å². The molecule has 0 radical (unpaired) electrons. The number of halogens is 1. The van der Waals surface area contributed by atoms with Crippen LogP contribution in [-0.4, -0.2) is 36.4 Å². The molecule has 1 fully saturated rings. The van der Waals surface area contributed by atoms with Crippen molar-refractivity contribution in [1.82, 2.24) is 4.31 Å². The van der Waals surface area contributed by atoms with Gasteiger partial charge in [-0.05, 0) is 59.7 Å². The lowest BCUT2D eigenvalue weighted by molar-refractivity contribution is -0.137. The lowest BCUT2D eigenvalue weighted by Crippen LogP contribution is -2.42. The Kier molecular flexibility index (Phi) is 5.03. The molecule has 1 N–H and O–H groups in total. The van der Waals surface area contributed by atoms with Crippen LogP contribution >= 0.6 is 22.6 Å². The highest BCUT2D eigenvalue weighted by Gasteiger charge is 2.34. The maximum Gasteiger partial charge on any atom is 0.318 e. The fourth-order valence-electron chi connectivity index (χ4n) is 2.48. The zero-order chi connectivity index (χ0) is 14.8. The molecule has 0 heterocycles. The zero-order valence-corrected chi connectivity index (χ0v) is 13.8. The van der Waals surface area contributed by atoms with Crippen LogP contribution in [0.5, 0.6) is 0 Å². The normalized spacial score (nSPS) is 16.7. The average Bonchev–Trinajstić information content (AvgIpc) is 2.89. The molecule has 1 aliphatic carbocycles. The van der Waals surface area contributed by atoms with Gasteiger partial charge in [0, 0.05) is 9.61 Å². The molecule has 1 aliphatic rings. The molecule has 0 bridgehead atoms. The number of carbonyl (C=O) groups is 1. The van der Waals surface area contributed by atoms with Crippen molar-refractivity contribution in [3.63, 3.8) is 0 Å². The number of rotatable bonds is 5. The van der Waals surface area contributed by atoms with Crippen LogP contribution in [-0.2, 0) is 14.8 Å². The SMILES string of the molecule is O=C(O)CN(C1CCCC1)S(=O)(=O)c1ccc(I)cc1. The van der Waals surface area contributed by atoms with Crippen molar-refractivity contribution in [3.8, 4) is 0 Å². The zero-order valence-electron chi connectivity index (χ0n) is 10.8. The van der Waals surface area contributed by atoms with Crippen molar-refractivity contribution in [3.05, 3.63) is 27.8 Å². The molecule has 0 amide bonds. The Morgan fingerprint density at radius 1 is 1.25 bits per heavy atom. The number of carboxylic acid groups (broad SMARTS) is 1. The standard InChI is InChI=1S/C13H16INO4S/c14-10-5-7-12(8-6-10)20(18,19)15(9-13(16)17)11-3-1-2-4-11/h5-8,11H,1-4,9H2,(H,16,17). The lowest BCUT2D eigenvalue weighted by atomic mass is 10.2. The second kappa shape index (κ2) is 6.40. The summed E-state index contributed by atoms with van der Waals surface area (Å²) >= 11 is 2.10. The number of nitrogens with zero attached hydrogens (tertiary/aromatic N) is 1. The smallest absolute Gasteiger partial charge is 0.318 e. The average molecular weight is 409 g/mol. The minimum atomic E-state index is -3.75. The number of aliphatic carboxylic acids is 1. The first-order valence-corrected chi connectivity index (χ1v) is 8.92. The summed E-state index contributed by atoms with van der Waals surface area (Å²) in [6, 6.07) is 6.28. The van der Waals surface area contributed by atoms with Crippen LogP contribution in [0.25, 0.3) is 0 Å². The van der Waals surface area contributed by atoms with Gasteiger partial charge in [-0.25, -0.2) is 8.42 Å². The summed E-state index contributed by atoms with van der Waals surface area (Å²) in [4.78, 5) is 11.1. The van der Waals surface area contributed by atoms with E-state index in [1.807, 2.05) is 0 Å². The summed E-state index contributed by atoms with van der Waals surface area (Å²) in [6.07, 6.45) is 3.36. The fourth-order valence-corrected chi connectivity index (χ4v) is 4.47. The van der Waals surface area contributed by atoms with E-state index in [1.165, 1.54) is 12.1 Å². The molecule has 0 atom stereocenters. The Hall–Kier alpha value is -0.670. The van der Waals surface area contributed by atoms with Gasteiger partial charge in [0.25, 0.3) is 0 Å². The van der Waals surface area contributed by atoms with Crippen molar-refractivity contribution in [1.29, 1.82) is 0 Å². The fraction of sp³-hybridized carbons (Fsp3) is 0.462. The molecule has 2 rings (SSSR count). The monoisotopic (exact) mass is 409 g/mol. The lowest BCUT2D eigenvalue weighted by Gasteiger charge is -2.26. The van der Waals surface area contributed by atoms with Gasteiger partial charge in [-0.1, -0.05) is 12.8 Å². The van der Waals surface area contributed by atoms with Gasteiger partial charge in [0.2, 0.25) is 10.0 Å². The predicted octanol–water partition coefficient (Wildman–Crippen LogP) is 2.31. The van der Waals surface area contributed by atoms with Crippen LogP contribution in [0, 0.1) is 3.57 Å². The highest BCUT2D eigenvalue weighted by molar-refractivity contribution is 14.1. The summed E-state index contributed by atoms with van der Waals surface area (Å²) in [6.45, 7) is -0.473. The topological polar surface area (TPSA) is 74.7 Å².